The lowest BCUT2D eigenvalue weighted by Gasteiger charge is -2.05. The van der Waals surface area contributed by atoms with Crippen LogP contribution in [0, 0.1) is 0 Å². The molecule has 0 saturated heterocycles. The number of nitrogens with two attached hydrogens (primary N) is 1. The van der Waals surface area contributed by atoms with Crippen molar-refractivity contribution in [3.05, 3.63) is 66.2 Å². The molecule has 0 amide bonds. The molecule has 0 radical (unpaired) electrons. The lowest BCUT2D eigenvalue weighted by molar-refractivity contribution is 1.35. The molecule has 0 fully saturated rings. The zero-order valence-corrected chi connectivity index (χ0v) is 9.85. The molecule has 0 spiro atoms. The first kappa shape index (κ1) is 10.6. The van der Waals surface area contributed by atoms with Crippen LogP contribution in [0.2, 0.25) is 0 Å². The van der Waals surface area contributed by atoms with Crippen molar-refractivity contribution in [3.63, 3.8) is 0 Å². The minimum absolute atomic E-state index is 0.437. The van der Waals surface area contributed by atoms with Crippen LogP contribution in [0.3, 0.4) is 0 Å². The van der Waals surface area contributed by atoms with Gasteiger partial charge in [-0.15, -0.1) is 0 Å². The summed E-state index contributed by atoms with van der Waals surface area (Å²) in [7, 11) is 0. The van der Waals surface area contributed by atoms with Crippen molar-refractivity contribution in [1.82, 2.24) is 9.97 Å². The minimum Gasteiger partial charge on any atom is -0.369 e. The summed E-state index contributed by atoms with van der Waals surface area (Å²) < 4.78 is 0. The molecule has 0 aliphatic rings. The second kappa shape index (κ2) is 4.04. The summed E-state index contributed by atoms with van der Waals surface area (Å²) in [6.45, 7) is 4.14. The topological polar surface area (TPSA) is 54.7 Å². The second-order valence-corrected chi connectivity index (χ2v) is 4.20. The second-order valence-electron chi connectivity index (χ2n) is 4.20. The number of H-pyrrole nitrogens is 1. The Morgan fingerprint density at radius 2 is 1.83 bits per heavy atom. The molecule has 88 valence electrons. The lowest BCUT2D eigenvalue weighted by Crippen LogP contribution is -1.86. The summed E-state index contributed by atoms with van der Waals surface area (Å²) in [4.78, 5) is 7.23. The molecule has 1 heterocycles. The van der Waals surface area contributed by atoms with Gasteiger partial charge in [0, 0.05) is 0 Å². The van der Waals surface area contributed by atoms with Crippen LogP contribution in [0.25, 0.3) is 16.6 Å². The summed E-state index contributed by atoms with van der Waals surface area (Å²) in [5.74, 6) is 0.437. The standard InChI is InChI=1S/C15H13N3/c1-10(11-5-3-2-4-6-11)12-7-8-13-14(9-12)18-15(16)17-13/h2-9H,1H2,(H3,16,17,18). The number of benzene rings is 2. The Morgan fingerprint density at radius 1 is 1.06 bits per heavy atom. The van der Waals surface area contributed by atoms with E-state index in [2.05, 4.69) is 16.5 Å². The summed E-state index contributed by atoms with van der Waals surface area (Å²) in [6, 6.07) is 16.1. The van der Waals surface area contributed by atoms with Gasteiger partial charge in [-0.3, -0.25) is 0 Å². The molecule has 3 heteroatoms. The van der Waals surface area contributed by atoms with Gasteiger partial charge in [-0.2, -0.15) is 0 Å². The zero-order valence-electron chi connectivity index (χ0n) is 9.85. The number of nitrogens with one attached hydrogen (secondary N) is 1. The Morgan fingerprint density at radius 3 is 2.61 bits per heavy atom. The van der Waals surface area contributed by atoms with Crippen molar-refractivity contribution in [1.29, 1.82) is 0 Å². The molecule has 0 aliphatic carbocycles. The van der Waals surface area contributed by atoms with E-state index < -0.39 is 0 Å². The van der Waals surface area contributed by atoms with E-state index >= 15 is 0 Å². The number of nitrogen functional groups attached to an aromatic ring is 1. The fraction of sp³-hybridized carbons (Fsp3) is 0. The van der Waals surface area contributed by atoms with Crippen molar-refractivity contribution in [3.8, 4) is 0 Å². The van der Waals surface area contributed by atoms with Gasteiger partial charge in [-0.1, -0.05) is 43.0 Å². The summed E-state index contributed by atoms with van der Waals surface area (Å²) in [5, 5.41) is 0. The number of hydrogen-bond acceptors (Lipinski definition) is 2. The van der Waals surface area contributed by atoms with Crippen LogP contribution in [0.5, 0.6) is 0 Å². The number of fused-ring (bicyclic) bond motifs is 1. The SMILES string of the molecule is C=C(c1ccccc1)c1ccc2[nH]c(N)nc2c1. The molecule has 0 bridgehead atoms. The van der Waals surface area contributed by atoms with E-state index in [0.717, 1.165) is 27.7 Å². The Kier molecular flexibility index (Phi) is 2.38. The maximum Gasteiger partial charge on any atom is 0.198 e. The first-order chi connectivity index (χ1) is 8.74. The average Bonchev–Trinajstić information content (AvgIpc) is 2.78. The Balaban J connectivity index is 2.06. The van der Waals surface area contributed by atoms with Gasteiger partial charge in [0.2, 0.25) is 0 Å². The predicted octanol–water partition coefficient (Wildman–Crippen LogP) is 3.21. The Bertz CT molecular complexity index is 711. The first-order valence-corrected chi connectivity index (χ1v) is 5.74. The van der Waals surface area contributed by atoms with E-state index in [4.69, 9.17) is 5.73 Å². The zero-order chi connectivity index (χ0) is 12.5. The molecular weight excluding hydrogens is 222 g/mol. The van der Waals surface area contributed by atoms with Crippen molar-refractivity contribution in [2.75, 3.05) is 5.73 Å². The van der Waals surface area contributed by atoms with E-state index in [1.54, 1.807) is 0 Å². The number of imidazole rings is 1. The van der Waals surface area contributed by atoms with Crippen LogP contribution >= 0.6 is 0 Å². The van der Waals surface area contributed by atoms with Crippen LogP contribution in [0.1, 0.15) is 11.1 Å². The van der Waals surface area contributed by atoms with Gasteiger partial charge >= 0.3 is 0 Å². The van der Waals surface area contributed by atoms with E-state index in [-0.39, 0.29) is 0 Å². The molecule has 2 aromatic carbocycles. The molecule has 3 nitrogen and oxygen atoms in total. The molecule has 1 aromatic heterocycles. The molecule has 18 heavy (non-hydrogen) atoms. The number of hydrogen-bond donors (Lipinski definition) is 2. The molecule has 3 N–H and O–H groups in total. The number of aromatic nitrogens is 2. The van der Waals surface area contributed by atoms with Gasteiger partial charge in [0.15, 0.2) is 5.95 Å². The molecule has 3 aromatic rings. The average molecular weight is 235 g/mol. The molecule has 0 atom stereocenters. The number of anilines is 1. The van der Waals surface area contributed by atoms with Crippen molar-refractivity contribution < 1.29 is 0 Å². The monoisotopic (exact) mass is 235 g/mol. The van der Waals surface area contributed by atoms with Crippen LogP contribution in [-0.4, -0.2) is 9.97 Å². The third-order valence-electron chi connectivity index (χ3n) is 2.97. The highest BCUT2D eigenvalue weighted by molar-refractivity contribution is 5.86. The highest BCUT2D eigenvalue weighted by atomic mass is 15.0. The van der Waals surface area contributed by atoms with Gasteiger partial charge in [0.25, 0.3) is 0 Å². The van der Waals surface area contributed by atoms with E-state index in [1.165, 1.54) is 0 Å². The van der Waals surface area contributed by atoms with E-state index in [0.29, 0.717) is 5.95 Å². The Hall–Kier alpha value is -2.55. The third-order valence-corrected chi connectivity index (χ3v) is 2.97. The minimum atomic E-state index is 0.437. The molecule has 0 saturated carbocycles. The van der Waals surface area contributed by atoms with Crippen LogP contribution < -0.4 is 5.73 Å². The fourth-order valence-electron chi connectivity index (χ4n) is 2.02. The smallest absolute Gasteiger partial charge is 0.198 e. The Labute approximate surface area is 105 Å². The van der Waals surface area contributed by atoms with Gasteiger partial charge in [-0.05, 0) is 28.8 Å². The molecule has 0 unspecified atom stereocenters. The van der Waals surface area contributed by atoms with Gasteiger partial charge in [0.1, 0.15) is 0 Å². The number of aromatic amines is 1. The van der Waals surface area contributed by atoms with E-state index in [9.17, 15) is 0 Å². The number of rotatable bonds is 2. The number of nitrogens with zero attached hydrogens (tertiary/aromatic N) is 1. The molecule has 3 rings (SSSR count). The normalized spacial score (nSPS) is 10.7. The van der Waals surface area contributed by atoms with Crippen LogP contribution in [-0.2, 0) is 0 Å². The van der Waals surface area contributed by atoms with E-state index in [1.807, 2.05) is 48.5 Å². The summed E-state index contributed by atoms with van der Waals surface area (Å²) >= 11 is 0. The van der Waals surface area contributed by atoms with Gasteiger partial charge in [0.05, 0.1) is 11.0 Å². The maximum atomic E-state index is 5.64. The first-order valence-electron chi connectivity index (χ1n) is 5.74. The quantitative estimate of drug-likeness (QED) is 0.716. The summed E-state index contributed by atoms with van der Waals surface area (Å²) in [5.41, 5.74) is 10.6. The molecular formula is C15H13N3. The fourth-order valence-corrected chi connectivity index (χ4v) is 2.02. The highest BCUT2D eigenvalue weighted by Gasteiger charge is 2.05. The van der Waals surface area contributed by atoms with Crippen LogP contribution in [0.15, 0.2) is 55.1 Å². The maximum absolute atomic E-state index is 5.64. The van der Waals surface area contributed by atoms with Crippen molar-refractivity contribution >= 4 is 22.6 Å². The third kappa shape index (κ3) is 1.76. The van der Waals surface area contributed by atoms with Crippen LogP contribution in [0.4, 0.5) is 5.95 Å². The lowest BCUT2D eigenvalue weighted by atomic mass is 9.99. The van der Waals surface area contributed by atoms with Crippen molar-refractivity contribution in [2.24, 2.45) is 0 Å². The highest BCUT2D eigenvalue weighted by Crippen LogP contribution is 2.24. The largest absolute Gasteiger partial charge is 0.369 e. The predicted molar refractivity (Wildman–Crippen MR) is 75.1 cm³/mol. The van der Waals surface area contributed by atoms with Gasteiger partial charge < -0.3 is 10.7 Å². The molecule has 0 aliphatic heterocycles. The summed E-state index contributed by atoms with van der Waals surface area (Å²) in [6.07, 6.45) is 0. The van der Waals surface area contributed by atoms with Crippen molar-refractivity contribution in [2.45, 2.75) is 0 Å². The van der Waals surface area contributed by atoms with Gasteiger partial charge in [-0.25, -0.2) is 4.98 Å².